The summed E-state index contributed by atoms with van der Waals surface area (Å²) in [6, 6.07) is 0. The fraction of sp³-hybridized carbons (Fsp3) is 0.794. The van der Waals surface area contributed by atoms with Crippen LogP contribution >= 0.6 is 12.4 Å². The first kappa shape index (κ1) is 34.1. The summed E-state index contributed by atoms with van der Waals surface area (Å²) in [6.45, 7) is 19.7. The van der Waals surface area contributed by atoms with Crippen LogP contribution < -0.4 is 0 Å². The molecule has 0 radical (unpaired) electrons. The Labute approximate surface area is 263 Å². The number of ether oxygens (including phenoxy) is 4. The quantitative estimate of drug-likeness (QED) is 0.135. The van der Waals surface area contributed by atoms with E-state index in [1.54, 1.807) is 20.8 Å². The van der Waals surface area contributed by atoms with Crippen molar-refractivity contribution in [1.29, 1.82) is 0 Å². The Kier molecular flexibility index (Phi) is 9.70. The molecule has 9 atom stereocenters. The van der Waals surface area contributed by atoms with Crippen molar-refractivity contribution in [3.8, 4) is 0 Å². The number of carbonyl (C=O) groups excluding carboxylic acids is 3. The minimum atomic E-state index is -1.18. The van der Waals surface area contributed by atoms with Gasteiger partial charge < -0.3 is 23.7 Å². The highest BCUT2D eigenvalue weighted by Gasteiger charge is 2.84. The van der Waals surface area contributed by atoms with Crippen molar-refractivity contribution in [3.05, 3.63) is 24.3 Å². The van der Waals surface area contributed by atoms with Crippen LogP contribution in [-0.2, 0) is 33.3 Å². The molecule has 4 fully saturated rings. The van der Waals surface area contributed by atoms with E-state index in [9.17, 15) is 14.4 Å². The summed E-state index contributed by atoms with van der Waals surface area (Å²) in [5.74, 6) is 0.0313. The molecule has 0 aromatic heterocycles. The van der Waals surface area contributed by atoms with Gasteiger partial charge in [-0.2, -0.15) is 0 Å². The van der Waals surface area contributed by atoms with Crippen LogP contribution in [0.25, 0.3) is 0 Å². The molecule has 4 bridgehead atoms. The summed E-state index contributed by atoms with van der Waals surface area (Å²) < 4.78 is 24.3. The maximum atomic E-state index is 14.7. The van der Waals surface area contributed by atoms with Gasteiger partial charge in [-0.15, -0.1) is 19.0 Å². The van der Waals surface area contributed by atoms with Crippen LogP contribution in [0.4, 0.5) is 0 Å². The van der Waals surface area contributed by atoms with Gasteiger partial charge in [0.2, 0.25) is 6.79 Å². The van der Waals surface area contributed by atoms with Crippen molar-refractivity contribution >= 4 is 30.6 Å². The van der Waals surface area contributed by atoms with E-state index in [4.69, 9.17) is 18.9 Å². The zero-order chi connectivity index (χ0) is 30.7. The molecule has 0 unspecified atom stereocenters. The number of allylic oxidation sites excluding steroid dienone is 1. The lowest BCUT2D eigenvalue weighted by atomic mass is 9.43. The molecular formula is C34H52ClNO7. The molecular weight excluding hydrogens is 570 g/mol. The molecule has 0 amide bonds. The summed E-state index contributed by atoms with van der Waals surface area (Å²) in [7, 11) is 0. The van der Waals surface area contributed by atoms with Gasteiger partial charge in [-0.1, -0.05) is 44.9 Å². The fourth-order valence-electron chi connectivity index (χ4n) is 9.73. The Balaban J connectivity index is 0.00000423. The highest BCUT2D eigenvalue weighted by Crippen LogP contribution is 2.82. The van der Waals surface area contributed by atoms with Crippen molar-refractivity contribution in [2.45, 2.75) is 86.5 Å². The first-order valence-electron chi connectivity index (χ1n) is 15.9. The van der Waals surface area contributed by atoms with Crippen molar-refractivity contribution in [2.75, 3.05) is 33.0 Å². The molecule has 4 aliphatic carbocycles. The summed E-state index contributed by atoms with van der Waals surface area (Å²) in [5, 5.41) is 0. The van der Waals surface area contributed by atoms with Gasteiger partial charge in [-0.3, -0.25) is 14.5 Å². The molecule has 1 saturated heterocycles. The van der Waals surface area contributed by atoms with E-state index in [-0.39, 0.29) is 36.3 Å². The van der Waals surface area contributed by atoms with Crippen LogP contribution in [0, 0.1) is 51.2 Å². The Morgan fingerprint density at radius 2 is 1.88 bits per heavy atom. The number of halogens is 1. The summed E-state index contributed by atoms with van der Waals surface area (Å²) in [4.78, 5) is 43.1. The van der Waals surface area contributed by atoms with Crippen molar-refractivity contribution < 1.29 is 33.3 Å². The average Bonchev–Trinajstić information content (AvgIpc) is 3.48. The average molecular weight is 622 g/mol. The van der Waals surface area contributed by atoms with Crippen LogP contribution in [0.15, 0.2) is 24.3 Å². The second-order valence-electron chi connectivity index (χ2n) is 15.1. The molecule has 0 aromatic rings. The fourth-order valence-corrected chi connectivity index (χ4v) is 9.73. The number of rotatable bonds is 10. The van der Waals surface area contributed by atoms with E-state index in [0.717, 1.165) is 44.2 Å². The van der Waals surface area contributed by atoms with Gasteiger partial charge in [-0.05, 0) is 76.5 Å². The minimum absolute atomic E-state index is 0. The molecule has 3 saturated carbocycles. The summed E-state index contributed by atoms with van der Waals surface area (Å²) >= 11 is 0. The lowest BCUT2D eigenvalue weighted by Crippen LogP contribution is -2.64. The number of nitrogens with zero attached hydrogens (tertiary/aromatic N) is 1. The van der Waals surface area contributed by atoms with Gasteiger partial charge in [0.15, 0.2) is 6.29 Å². The number of carbonyl (C=O) groups is 3. The second kappa shape index (κ2) is 12.2. The largest absolute Gasteiger partial charge is 0.427 e. The monoisotopic (exact) mass is 621 g/mol. The highest BCUT2D eigenvalue weighted by molar-refractivity contribution is 5.91. The Bertz CT molecular complexity index is 1130. The molecule has 5 aliphatic rings. The predicted molar refractivity (Wildman–Crippen MR) is 165 cm³/mol. The summed E-state index contributed by atoms with van der Waals surface area (Å²) in [6.07, 6.45) is 8.19. The van der Waals surface area contributed by atoms with Crippen molar-refractivity contribution in [2.24, 2.45) is 51.2 Å². The smallest absolute Gasteiger partial charge is 0.320 e. The van der Waals surface area contributed by atoms with E-state index in [0.29, 0.717) is 31.4 Å². The topological polar surface area (TPSA) is 91.4 Å². The Morgan fingerprint density at radius 3 is 2.51 bits per heavy atom. The van der Waals surface area contributed by atoms with E-state index < -0.39 is 46.7 Å². The first-order chi connectivity index (χ1) is 19.8. The molecule has 0 N–H and O–H groups in total. The SMILES string of the molecule is C=CCN1C[C@H](OC[C@@]23C[C@@H]4[C@H](C)CC[C@H]4[C@@]4(C=O)C[C@H]2C=C(C(C)C)[C@@]34C(=O)OCOC(=O)C(C)(C)C)O[C@H](C)C1.Cl. The molecule has 1 aliphatic heterocycles. The number of hydrogen-bond acceptors (Lipinski definition) is 8. The molecule has 8 nitrogen and oxygen atoms in total. The highest BCUT2D eigenvalue weighted by atomic mass is 35.5. The minimum Gasteiger partial charge on any atom is -0.427 e. The zero-order valence-corrected chi connectivity index (χ0v) is 27.9. The molecule has 0 spiro atoms. The molecule has 1 heterocycles. The lowest BCUT2D eigenvalue weighted by Gasteiger charge is -2.59. The number of morpholine rings is 1. The van der Waals surface area contributed by atoms with Gasteiger partial charge in [0.1, 0.15) is 11.7 Å². The maximum absolute atomic E-state index is 14.7. The molecule has 43 heavy (non-hydrogen) atoms. The summed E-state index contributed by atoms with van der Waals surface area (Å²) in [5.41, 5.74) is -2.46. The third-order valence-electron chi connectivity index (χ3n) is 11.3. The van der Waals surface area contributed by atoms with Gasteiger partial charge in [0, 0.05) is 25.0 Å². The normalized spacial score (nSPS) is 40.0. The van der Waals surface area contributed by atoms with E-state index in [2.05, 4.69) is 38.3 Å². The van der Waals surface area contributed by atoms with Crippen molar-refractivity contribution in [3.63, 3.8) is 0 Å². The van der Waals surface area contributed by atoms with Crippen molar-refractivity contribution in [1.82, 2.24) is 4.90 Å². The number of esters is 2. The maximum Gasteiger partial charge on any atom is 0.320 e. The molecule has 9 heteroatoms. The molecule has 0 aromatic carbocycles. The number of aldehydes is 1. The van der Waals surface area contributed by atoms with E-state index >= 15 is 0 Å². The second-order valence-corrected chi connectivity index (χ2v) is 15.1. The van der Waals surface area contributed by atoms with Crippen LogP contribution in [0.5, 0.6) is 0 Å². The van der Waals surface area contributed by atoms with Gasteiger partial charge >= 0.3 is 11.9 Å². The lowest BCUT2D eigenvalue weighted by molar-refractivity contribution is -0.238. The third-order valence-corrected chi connectivity index (χ3v) is 11.3. The van der Waals surface area contributed by atoms with Gasteiger partial charge in [-0.25, -0.2) is 0 Å². The van der Waals surface area contributed by atoms with E-state index in [1.807, 2.05) is 13.0 Å². The van der Waals surface area contributed by atoms with Gasteiger partial charge in [0.05, 0.1) is 23.5 Å². The van der Waals surface area contributed by atoms with Crippen LogP contribution in [0.2, 0.25) is 0 Å². The van der Waals surface area contributed by atoms with Crippen LogP contribution in [0.3, 0.4) is 0 Å². The Morgan fingerprint density at radius 1 is 1.16 bits per heavy atom. The number of fused-ring (bicyclic) bond motifs is 2. The zero-order valence-electron chi connectivity index (χ0n) is 27.1. The standard InChI is InChI=1S/C34H51NO7.ClH/c1-9-12-35-16-23(5)42-28(17-35)39-19-33-15-25-22(4)10-11-26(25)32(18-36)14-24(33)13-27(21(2)3)34(32,33)30(38)41-20-40-29(37)31(6,7)8;/h9,13,18,21-26,28H,1,10-12,14-17,19-20H2,2-8H3;1H/t22-,23-,24-,25-,26-,28-,32+,33+,34+;/m1./s1. The first-order valence-corrected chi connectivity index (χ1v) is 15.9. The van der Waals surface area contributed by atoms with Crippen LogP contribution in [0.1, 0.15) is 74.1 Å². The molecule has 242 valence electrons. The van der Waals surface area contributed by atoms with Gasteiger partial charge in [0.25, 0.3) is 0 Å². The van der Waals surface area contributed by atoms with Crippen LogP contribution in [-0.4, -0.2) is 68.6 Å². The predicted octanol–water partition coefficient (Wildman–Crippen LogP) is 5.59. The van der Waals surface area contributed by atoms with E-state index in [1.165, 1.54) is 0 Å². The Hall–Kier alpha value is -1.74. The molecule has 5 rings (SSSR count). The number of hydrogen-bond donors (Lipinski definition) is 0. The third kappa shape index (κ3) is 5.12.